The summed E-state index contributed by atoms with van der Waals surface area (Å²) in [5.41, 5.74) is 2.45. The number of rotatable bonds is 11. The summed E-state index contributed by atoms with van der Waals surface area (Å²) in [5, 5.41) is 3.04. The van der Waals surface area contributed by atoms with Gasteiger partial charge in [-0.05, 0) is 66.6 Å². The molecule has 11 heteroatoms. The molecule has 9 nitrogen and oxygen atoms in total. The van der Waals surface area contributed by atoms with Gasteiger partial charge in [0.1, 0.15) is 17.4 Å². The number of halogens is 1. The number of nitrogens with one attached hydrogen (secondary N) is 2. The Hall–Kier alpha value is -3.99. The topological polar surface area (TPSA) is 123 Å². The van der Waals surface area contributed by atoms with E-state index in [1.165, 1.54) is 31.3 Å². The summed E-state index contributed by atoms with van der Waals surface area (Å²) < 4.78 is 53.1. The third-order valence-corrected chi connectivity index (χ3v) is 7.70. The third kappa shape index (κ3) is 6.54. The minimum atomic E-state index is -3.73. The van der Waals surface area contributed by atoms with Gasteiger partial charge in [0.2, 0.25) is 21.6 Å². The first kappa shape index (κ1) is 28.0. The Morgan fingerprint density at radius 3 is 2.54 bits per heavy atom. The van der Waals surface area contributed by atoms with Crippen molar-refractivity contribution in [1.29, 1.82) is 0 Å². The van der Waals surface area contributed by atoms with E-state index in [1.54, 1.807) is 25.4 Å². The maximum absolute atomic E-state index is 13.5. The molecular formula is C28H31FN4O5S. The third-order valence-electron chi connectivity index (χ3n) is 6.43. The molecule has 4 rings (SSSR count). The van der Waals surface area contributed by atoms with Crippen LogP contribution in [-0.2, 0) is 22.9 Å². The fraction of sp³-hybridized carbons (Fsp3) is 0.321. The molecule has 0 bridgehead atoms. The van der Waals surface area contributed by atoms with Crippen molar-refractivity contribution in [2.24, 2.45) is 5.92 Å². The molecule has 39 heavy (non-hydrogen) atoms. The van der Waals surface area contributed by atoms with Gasteiger partial charge >= 0.3 is 0 Å². The van der Waals surface area contributed by atoms with Gasteiger partial charge in [-0.25, -0.2) is 17.8 Å². The lowest BCUT2D eigenvalue weighted by Crippen LogP contribution is -2.21. The van der Waals surface area contributed by atoms with Gasteiger partial charge in [-0.15, -0.1) is 0 Å². The lowest BCUT2D eigenvalue weighted by Gasteiger charge is -2.14. The predicted molar refractivity (Wildman–Crippen MR) is 148 cm³/mol. The molecule has 0 aliphatic rings. The highest BCUT2D eigenvalue weighted by molar-refractivity contribution is 7.92. The molecule has 0 fully saturated rings. The highest BCUT2D eigenvalue weighted by Crippen LogP contribution is 2.35. The number of carbonyl (C=O) groups is 1. The Morgan fingerprint density at radius 1 is 1.18 bits per heavy atom. The number of pyridine rings is 2. The van der Waals surface area contributed by atoms with Gasteiger partial charge in [-0.3, -0.25) is 9.52 Å². The summed E-state index contributed by atoms with van der Waals surface area (Å²) in [5.74, 6) is 0.0825. The second-order valence-corrected chi connectivity index (χ2v) is 11.2. The highest BCUT2D eigenvalue weighted by Gasteiger charge is 2.25. The summed E-state index contributed by atoms with van der Waals surface area (Å²) in [6.07, 6.45) is 3.30. The molecule has 4 aromatic rings. The lowest BCUT2D eigenvalue weighted by molar-refractivity contribution is 0.0964. The van der Waals surface area contributed by atoms with Crippen molar-refractivity contribution in [1.82, 2.24) is 15.3 Å². The summed E-state index contributed by atoms with van der Waals surface area (Å²) in [6.45, 7) is 3.85. The fourth-order valence-corrected chi connectivity index (χ4v) is 5.58. The number of furan rings is 1. The molecule has 0 radical (unpaired) electrons. The molecule has 1 amide bonds. The summed E-state index contributed by atoms with van der Waals surface area (Å²) >= 11 is 0. The molecule has 1 atom stereocenters. The Labute approximate surface area is 226 Å². The summed E-state index contributed by atoms with van der Waals surface area (Å²) in [7, 11) is -0.676. The first-order valence-electron chi connectivity index (χ1n) is 12.6. The summed E-state index contributed by atoms with van der Waals surface area (Å²) in [6, 6.07) is 11.0. The fourth-order valence-electron chi connectivity index (χ4n) is 4.29. The number of nitrogens with zero attached hydrogens (tertiary/aromatic N) is 2. The average Bonchev–Trinajstić information content (AvgIpc) is 3.30. The molecule has 0 saturated heterocycles. The van der Waals surface area contributed by atoms with Crippen LogP contribution in [0.3, 0.4) is 0 Å². The lowest BCUT2D eigenvalue weighted by atomic mass is 10.0. The molecule has 3 aromatic heterocycles. The number of aromatic nitrogens is 2. The van der Waals surface area contributed by atoms with E-state index in [0.29, 0.717) is 41.7 Å². The van der Waals surface area contributed by atoms with Crippen molar-refractivity contribution in [2.75, 3.05) is 24.6 Å². The number of amides is 1. The number of carbonyl (C=O) groups excluding carboxylic acids is 1. The van der Waals surface area contributed by atoms with E-state index in [-0.39, 0.29) is 34.5 Å². The molecule has 0 saturated carbocycles. The standard InChI is InChI=1S/C28H31FN4O5S/c1-5-19-15-22-24(27(34)30-3)25(20-7-9-21(29)10-8-20)38-28(22)32-26(19)33-39(35,36)13-12-17(2)14-18-6-11-23(37-4)31-16-18/h6-11,15-17H,5,12-14H2,1-4H3,(H,30,34)(H,32,33)/t17-/m0/s1. The second kappa shape index (κ2) is 11.8. The van der Waals surface area contributed by atoms with Crippen molar-refractivity contribution in [3.63, 3.8) is 0 Å². The van der Waals surface area contributed by atoms with E-state index < -0.39 is 21.7 Å². The minimum Gasteiger partial charge on any atom is -0.481 e. The van der Waals surface area contributed by atoms with Crippen molar-refractivity contribution in [2.45, 2.75) is 33.1 Å². The van der Waals surface area contributed by atoms with E-state index >= 15 is 0 Å². The normalized spacial score (nSPS) is 12.3. The van der Waals surface area contributed by atoms with Crippen LogP contribution >= 0.6 is 0 Å². The SMILES string of the molecule is CCc1cc2c(C(=O)NC)c(-c3ccc(F)cc3)oc2nc1NS(=O)(=O)CC[C@H](C)Cc1ccc(OC)nc1. The zero-order valence-electron chi connectivity index (χ0n) is 22.2. The van der Waals surface area contributed by atoms with Crippen LogP contribution in [0.25, 0.3) is 22.4 Å². The van der Waals surface area contributed by atoms with Crippen LogP contribution in [0.4, 0.5) is 10.2 Å². The maximum atomic E-state index is 13.5. The predicted octanol–water partition coefficient (Wildman–Crippen LogP) is 4.97. The average molecular weight is 555 g/mol. The first-order chi connectivity index (χ1) is 18.6. The van der Waals surface area contributed by atoms with Crippen molar-refractivity contribution >= 4 is 32.8 Å². The van der Waals surface area contributed by atoms with Crippen LogP contribution in [-0.4, -0.2) is 44.2 Å². The van der Waals surface area contributed by atoms with E-state index in [4.69, 9.17) is 9.15 Å². The Bertz CT molecular complexity index is 1570. The zero-order valence-corrected chi connectivity index (χ0v) is 23.1. The van der Waals surface area contributed by atoms with Crippen molar-refractivity contribution in [3.8, 4) is 17.2 Å². The highest BCUT2D eigenvalue weighted by atomic mass is 32.2. The molecule has 0 spiro atoms. The molecule has 3 heterocycles. The quantitative estimate of drug-likeness (QED) is 0.268. The number of fused-ring (bicyclic) bond motifs is 1. The van der Waals surface area contributed by atoms with Crippen LogP contribution in [0.5, 0.6) is 5.88 Å². The van der Waals surface area contributed by atoms with E-state index in [9.17, 15) is 17.6 Å². The van der Waals surface area contributed by atoms with Crippen LogP contribution in [0.2, 0.25) is 0 Å². The van der Waals surface area contributed by atoms with Gasteiger partial charge in [-0.1, -0.05) is 19.9 Å². The van der Waals surface area contributed by atoms with Gasteiger partial charge in [0.05, 0.1) is 23.8 Å². The van der Waals surface area contributed by atoms with Crippen LogP contribution in [0.15, 0.2) is 53.1 Å². The number of anilines is 1. The van der Waals surface area contributed by atoms with Crippen molar-refractivity contribution in [3.05, 3.63) is 71.2 Å². The van der Waals surface area contributed by atoms with Gasteiger partial charge in [0.25, 0.3) is 5.91 Å². The van der Waals surface area contributed by atoms with E-state index in [0.717, 1.165) is 5.56 Å². The smallest absolute Gasteiger partial charge is 0.255 e. The van der Waals surface area contributed by atoms with E-state index in [2.05, 4.69) is 20.0 Å². The molecule has 2 N–H and O–H groups in total. The number of aryl methyl sites for hydroxylation is 1. The maximum Gasteiger partial charge on any atom is 0.255 e. The monoisotopic (exact) mass is 554 g/mol. The van der Waals surface area contributed by atoms with Crippen LogP contribution in [0, 0.1) is 11.7 Å². The number of hydrogen-bond donors (Lipinski definition) is 2. The van der Waals surface area contributed by atoms with Gasteiger partial charge < -0.3 is 14.5 Å². The molecule has 206 valence electrons. The number of sulfonamides is 1. The Morgan fingerprint density at radius 2 is 1.92 bits per heavy atom. The summed E-state index contributed by atoms with van der Waals surface area (Å²) in [4.78, 5) is 21.4. The molecule has 0 aliphatic carbocycles. The largest absolute Gasteiger partial charge is 0.481 e. The van der Waals surface area contributed by atoms with Crippen molar-refractivity contribution < 1.29 is 26.8 Å². The molecule has 0 aliphatic heterocycles. The molecule has 0 unspecified atom stereocenters. The first-order valence-corrected chi connectivity index (χ1v) is 14.2. The van der Waals surface area contributed by atoms with Gasteiger partial charge in [0.15, 0.2) is 0 Å². The number of ether oxygens (including phenoxy) is 1. The van der Waals surface area contributed by atoms with Crippen LogP contribution in [0.1, 0.15) is 41.8 Å². The van der Waals surface area contributed by atoms with Crippen LogP contribution < -0.4 is 14.8 Å². The minimum absolute atomic E-state index is 0.0938. The second-order valence-electron chi connectivity index (χ2n) is 9.32. The van der Waals surface area contributed by atoms with Gasteiger partial charge in [-0.2, -0.15) is 4.98 Å². The number of benzene rings is 1. The molecular weight excluding hydrogens is 523 g/mol. The Kier molecular flexibility index (Phi) is 8.49. The number of hydrogen-bond acceptors (Lipinski definition) is 7. The molecule has 1 aromatic carbocycles. The Balaban J connectivity index is 1.57. The van der Waals surface area contributed by atoms with Gasteiger partial charge in [0, 0.05) is 24.9 Å². The number of methoxy groups -OCH3 is 1. The zero-order chi connectivity index (χ0) is 28.2. The van der Waals surface area contributed by atoms with E-state index in [1.807, 2.05) is 19.9 Å².